The van der Waals surface area contributed by atoms with E-state index in [1.807, 2.05) is 56.3 Å². The summed E-state index contributed by atoms with van der Waals surface area (Å²) < 4.78 is 42.6. The van der Waals surface area contributed by atoms with E-state index in [0.29, 0.717) is 23.2 Å². The van der Waals surface area contributed by atoms with Gasteiger partial charge in [0.1, 0.15) is 12.1 Å². The lowest BCUT2D eigenvalue weighted by atomic mass is 10.0. The first kappa shape index (κ1) is 32.2. The zero-order valence-electron chi connectivity index (χ0n) is 24.8. The highest BCUT2D eigenvalue weighted by molar-refractivity contribution is 8.15. The number of aromatic nitrogens is 3. The number of carbonyl (C=O) groups is 1. The molecule has 9 nitrogen and oxygen atoms in total. The van der Waals surface area contributed by atoms with Crippen LogP contribution in [0.5, 0.6) is 5.75 Å². The number of benzene rings is 3. The van der Waals surface area contributed by atoms with Crippen molar-refractivity contribution in [3.8, 4) is 22.8 Å². The number of ether oxygens (including phenoxy) is 1. The van der Waals surface area contributed by atoms with Crippen LogP contribution in [-0.2, 0) is 17.6 Å². The van der Waals surface area contributed by atoms with Crippen molar-refractivity contribution in [2.75, 3.05) is 17.2 Å². The lowest BCUT2D eigenvalue weighted by Crippen LogP contribution is -2.34. The largest absolute Gasteiger partial charge is 0.573 e. The second-order valence-electron chi connectivity index (χ2n) is 10.4. The molecule has 0 radical (unpaired) electrons. The van der Waals surface area contributed by atoms with E-state index in [4.69, 9.17) is 0 Å². The number of aliphatic imine (C=N–C) groups is 1. The zero-order valence-corrected chi connectivity index (χ0v) is 25.6. The Morgan fingerprint density at radius 2 is 1.84 bits per heavy atom. The van der Waals surface area contributed by atoms with Crippen molar-refractivity contribution in [2.24, 2.45) is 4.99 Å². The molecule has 5 rings (SSSR count). The van der Waals surface area contributed by atoms with Gasteiger partial charge in [0, 0.05) is 5.56 Å². The summed E-state index contributed by atoms with van der Waals surface area (Å²) in [6, 6.07) is 19.2. The number of aliphatic hydroxyl groups excluding tert-OH is 1. The second-order valence-corrected chi connectivity index (χ2v) is 11.3. The number of aliphatic hydroxyl groups is 1. The topological polar surface area (TPSA) is 105 Å². The summed E-state index contributed by atoms with van der Waals surface area (Å²) in [5, 5.41) is 18.5. The lowest BCUT2D eigenvalue weighted by Gasteiger charge is -2.22. The van der Waals surface area contributed by atoms with Crippen LogP contribution in [0.15, 0.2) is 78.0 Å². The highest BCUT2D eigenvalue weighted by atomic mass is 32.2. The second kappa shape index (κ2) is 14.3. The Hall–Kier alpha value is -4.20. The van der Waals surface area contributed by atoms with Crippen LogP contribution in [0, 0.1) is 6.92 Å². The summed E-state index contributed by atoms with van der Waals surface area (Å²) in [7, 11) is 0. The average Bonchev–Trinajstić information content (AvgIpc) is 3.64. The van der Waals surface area contributed by atoms with Gasteiger partial charge in [0.25, 0.3) is 0 Å². The predicted octanol–water partition coefficient (Wildman–Crippen LogP) is 6.03. The molecule has 4 aromatic rings. The summed E-state index contributed by atoms with van der Waals surface area (Å²) in [4.78, 5) is 23.1. The van der Waals surface area contributed by atoms with Gasteiger partial charge in [-0.3, -0.25) is 15.0 Å². The number of unbranched alkanes of at least 4 members (excludes halogenated alkanes) is 1. The van der Waals surface area contributed by atoms with Gasteiger partial charge in [-0.05, 0) is 80.1 Å². The van der Waals surface area contributed by atoms with Crippen molar-refractivity contribution in [2.45, 2.75) is 52.2 Å². The molecule has 236 valence electrons. The summed E-state index contributed by atoms with van der Waals surface area (Å²) in [5.74, 6) is 0.432. The first-order valence-electron chi connectivity index (χ1n) is 14.5. The van der Waals surface area contributed by atoms with Gasteiger partial charge in [0.2, 0.25) is 12.3 Å². The van der Waals surface area contributed by atoms with Gasteiger partial charge in [-0.2, -0.15) is 0 Å². The number of carbonyl (C=O) groups excluding carboxylic acids is 1. The molecule has 1 unspecified atom stereocenters. The highest BCUT2D eigenvalue weighted by Crippen LogP contribution is 2.33. The zero-order chi connectivity index (χ0) is 32.0. The molecule has 2 heterocycles. The normalized spacial score (nSPS) is 15.2. The van der Waals surface area contributed by atoms with Crippen LogP contribution in [0.2, 0.25) is 0 Å². The molecule has 1 aliphatic rings. The molecular formula is C32H33F3N6O3S. The van der Waals surface area contributed by atoms with Crippen LogP contribution in [0.25, 0.3) is 17.1 Å². The molecule has 0 saturated carbocycles. The van der Waals surface area contributed by atoms with Gasteiger partial charge in [-0.15, -0.1) is 18.3 Å². The number of amides is 1. The Morgan fingerprint density at radius 1 is 1.09 bits per heavy atom. The van der Waals surface area contributed by atoms with Crippen LogP contribution < -0.4 is 15.0 Å². The molecule has 13 heteroatoms. The maximum absolute atomic E-state index is 12.7. The number of nitrogens with zero attached hydrogens (tertiary/aromatic N) is 5. The van der Waals surface area contributed by atoms with Gasteiger partial charge in [0.15, 0.2) is 11.0 Å². The lowest BCUT2D eigenvalue weighted by molar-refractivity contribution is -0.274. The van der Waals surface area contributed by atoms with E-state index in [-0.39, 0.29) is 17.4 Å². The van der Waals surface area contributed by atoms with E-state index in [2.05, 4.69) is 25.1 Å². The fourth-order valence-electron chi connectivity index (χ4n) is 4.98. The Bertz CT molecular complexity index is 1640. The highest BCUT2D eigenvalue weighted by Gasteiger charge is 2.33. The summed E-state index contributed by atoms with van der Waals surface area (Å²) in [5.41, 5.74) is 5.41. The molecule has 1 aliphatic heterocycles. The molecule has 0 spiro atoms. The smallest absolute Gasteiger partial charge is 0.406 e. The van der Waals surface area contributed by atoms with E-state index in [1.54, 1.807) is 4.90 Å². The third-order valence-corrected chi connectivity index (χ3v) is 8.12. The van der Waals surface area contributed by atoms with E-state index in [9.17, 15) is 23.1 Å². The number of thioether (sulfide) groups is 1. The van der Waals surface area contributed by atoms with Gasteiger partial charge >= 0.3 is 6.36 Å². The molecular weight excluding hydrogens is 605 g/mol. The SMILES string of the molecule is CCc1cccc(C)c1N1C(=O)CS/C1=N\C(O)NCCCCc1ccc(-c2ncn(-c3ccc(OC(F)(F)F)cc3)n2)cc1. The monoisotopic (exact) mass is 638 g/mol. The number of halogens is 3. The van der Waals surface area contributed by atoms with Crippen LogP contribution >= 0.6 is 11.8 Å². The number of aryl methyl sites for hydroxylation is 3. The number of amidine groups is 1. The summed E-state index contributed by atoms with van der Waals surface area (Å²) in [6.45, 7) is 4.58. The van der Waals surface area contributed by atoms with Crippen LogP contribution in [-0.4, -0.2) is 56.0 Å². The fraction of sp³-hybridized carbons (Fsp3) is 0.312. The van der Waals surface area contributed by atoms with Crippen LogP contribution in [0.1, 0.15) is 36.5 Å². The standard InChI is InChI=1S/C32H33F3N6O3S/c1-3-23-9-6-7-21(2)28(23)41-27(42)19-45-31(41)38-30(43)36-18-5-4-8-22-10-12-24(13-11-22)29-37-20-40(39-29)25-14-16-26(17-15-25)44-32(33,34)35/h6-7,9-17,20,30,36,43H,3-5,8,18-19H2,1-2H3/b38-31-. The molecule has 1 amide bonds. The molecule has 3 aromatic carbocycles. The molecule has 1 saturated heterocycles. The van der Waals surface area contributed by atoms with E-state index < -0.39 is 12.7 Å². The number of nitrogens with one attached hydrogen (secondary N) is 1. The predicted molar refractivity (Wildman–Crippen MR) is 168 cm³/mol. The Kier molecular flexibility index (Phi) is 10.2. The number of rotatable bonds is 12. The number of alkyl halides is 3. The van der Waals surface area contributed by atoms with Crippen LogP contribution in [0.3, 0.4) is 0 Å². The van der Waals surface area contributed by atoms with E-state index in [1.165, 1.54) is 47.0 Å². The minimum atomic E-state index is -4.75. The number of hydrogen-bond donors (Lipinski definition) is 2. The third kappa shape index (κ3) is 8.29. The van der Waals surface area contributed by atoms with Gasteiger partial charge in [-0.25, -0.2) is 14.7 Å². The van der Waals surface area contributed by atoms with E-state index in [0.717, 1.165) is 53.6 Å². The van der Waals surface area contributed by atoms with Crippen molar-refractivity contribution in [3.63, 3.8) is 0 Å². The van der Waals surface area contributed by atoms with Crippen molar-refractivity contribution >= 4 is 28.5 Å². The van der Waals surface area contributed by atoms with Crippen molar-refractivity contribution in [3.05, 3.63) is 89.7 Å². The Morgan fingerprint density at radius 3 is 2.56 bits per heavy atom. The van der Waals surface area contributed by atoms with Crippen molar-refractivity contribution in [1.29, 1.82) is 0 Å². The summed E-state index contributed by atoms with van der Waals surface area (Å²) >= 11 is 1.33. The van der Waals surface area contributed by atoms with Gasteiger partial charge in [-0.1, -0.05) is 61.2 Å². The number of para-hydroxylation sites is 1. The van der Waals surface area contributed by atoms with Crippen molar-refractivity contribution < 1.29 is 27.8 Å². The molecule has 1 fully saturated rings. The number of anilines is 1. The molecule has 45 heavy (non-hydrogen) atoms. The third-order valence-electron chi connectivity index (χ3n) is 7.18. The maximum Gasteiger partial charge on any atom is 0.573 e. The molecule has 1 aromatic heterocycles. The molecule has 0 bridgehead atoms. The Balaban J connectivity index is 1.09. The van der Waals surface area contributed by atoms with Crippen molar-refractivity contribution in [1.82, 2.24) is 20.1 Å². The van der Waals surface area contributed by atoms with Gasteiger partial charge < -0.3 is 9.84 Å². The molecule has 0 aliphatic carbocycles. The minimum Gasteiger partial charge on any atom is -0.406 e. The van der Waals surface area contributed by atoms with Crippen LogP contribution in [0.4, 0.5) is 18.9 Å². The Labute approximate surface area is 263 Å². The van der Waals surface area contributed by atoms with Gasteiger partial charge in [0.05, 0.1) is 17.1 Å². The first-order valence-corrected chi connectivity index (χ1v) is 15.5. The average molecular weight is 639 g/mol. The minimum absolute atomic E-state index is 0.0433. The molecule has 2 N–H and O–H groups in total. The fourth-order valence-corrected chi connectivity index (χ4v) is 5.86. The maximum atomic E-state index is 12.7. The first-order chi connectivity index (χ1) is 21.6. The van der Waals surface area contributed by atoms with E-state index >= 15 is 0 Å². The number of hydrogen-bond acceptors (Lipinski definition) is 8. The summed E-state index contributed by atoms with van der Waals surface area (Å²) in [6.07, 6.45) is -1.03. The molecule has 1 atom stereocenters. The quantitative estimate of drug-likeness (QED) is 0.144.